The molecule has 112 valence electrons. The predicted octanol–water partition coefficient (Wildman–Crippen LogP) is 2.65. The molecule has 0 aromatic heterocycles. The van der Waals surface area contributed by atoms with E-state index in [1.54, 1.807) is 13.8 Å². The van der Waals surface area contributed by atoms with Gasteiger partial charge in [-0.1, -0.05) is 13.8 Å². The molecule has 0 heterocycles. The van der Waals surface area contributed by atoms with Crippen LogP contribution in [0.3, 0.4) is 0 Å². The first-order valence-electron chi connectivity index (χ1n) is 6.81. The van der Waals surface area contributed by atoms with Crippen LogP contribution < -0.4 is 15.8 Å². The highest BCUT2D eigenvalue weighted by atomic mass is 19.1. The van der Waals surface area contributed by atoms with Crippen LogP contribution in [-0.2, 0) is 4.79 Å². The number of ether oxygens (including phenoxy) is 1. The quantitative estimate of drug-likeness (QED) is 0.788. The fraction of sp³-hybridized carbons (Fsp3) is 0.533. The minimum absolute atomic E-state index is 0.0446. The van der Waals surface area contributed by atoms with E-state index in [2.05, 4.69) is 19.2 Å². The van der Waals surface area contributed by atoms with Crippen molar-refractivity contribution in [2.24, 2.45) is 5.92 Å². The first-order valence-corrected chi connectivity index (χ1v) is 6.81. The molecule has 1 aromatic carbocycles. The number of aryl methyl sites for hydroxylation is 1. The van der Waals surface area contributed by atoms with Crippen LogP contribution in [0.2, 0.25) is 0 Å². The zero-order valence-electron chi connectivity index (χ0n) is 12.5. The summed E-state index contributed by atoms with van der Waals surface area (Å²) in [5.74, 6) is -0.249. The van der Waals surface area contributed by atoms with Crippen LogP contribution in [0.4, 0.5) is 10.1 Å². The van der Waals surface area contributed by atoms with Gasteiger partial charge in [-0.3, -0.25) is 4.79 Å². The second-order valence-corrected chi connectivity index (χ2v) is 5.37. The van der Waals surface area contributed by atoms with E-state index in [0.717, 1.165) is 6.42 Å². The van der Waals surface area contributed by atoms with Crippen LogP contribution >= 0.6 is 0 Å². The fourth-order valence-corrected chi connectivity index (χ4v) is 1.63. The van der Waals surface area contributed by atoms with Crippen molar-refractivity contribution in [3.63, 3.8) is 0 Å². The average molecular weight is 282 g/mol. The van der Waals surface area contributed by atoms with Gasteiger partial charge in [0.25, 0.3) is 5.91 Å². The van der Waals surface area contributed by atoms with Gasteiger partial charge in [0.1, 0.15) is 0 Å². The number of hydrogen-bond donors (Lipinski definition) is 2. The summed E-state index contributed by atoms with van der Waals surface area (Å²) in [5.41, 5.74) is 6.68. The topological polar surface area (TPSA) is 64.3 Å². The zero-order chi connectivity index (χ0) is 15.3. The fourth-order valence-electron chi connectivity index (χ4n) is 1.63. The first kappa shape index (κ1) is 16.3. The van der Waals surface area contributed by atoms with Crippen molar-refractivity contribution in [1.82, 2.24) is 5.32 Å². The SMILES string of the molecule is Cc1cc(OC(C)C(=O)NCCC(C)C)c(F)cc1N. The number of nitrogens with one attached hydrogen (secondary N) is 1. The van der Waals surface area contributed by atoms with Crippen LogP contribution in [0.5, 0.6) is 5.75 Å². The van der Waals surface area contributed by atoms with E-state index in [9.17, 15) is 9.18 Å². The molecule has 0 fully saturated rings. The smallest absolute Gasteiger partial charge is 0.260 e. The van der Waals surface area contributed by atoms with Gasteiger partial charge in [-0.15, -0.1) is 0 Å². The second-order valence-electron chi connectivity index (χ2n) is 5.37. The minimum Gasteiger partial charge on any atom is -0.478 e. The van der Waals surface area contributed by atoms with Crippen molar-refractivity contribution in [2.75, 3.05) is 12.3 Å². The summed E-state index contributed by atoms with van der Waals surface area (Å²) in [6.45, 7) is 8.11. The standard InChI is InChI=1S/C15H23FN2O2/c1-9(2)5-6-18-15(19)11(4)20-14-7-10(3)13(17)8-12(14)16/h7-9,11H,5-6,17H2,1-4H3,(H,18,19). The molecule has 3 N–H and O–H groups in total. The maximum atomic E-state index is 13.7. The number of hydrogen-bond acceptors (Lipinski definition) is 3. The van der Waals surface area contributed by atoms with E-state index >= 15 is 0 Å². The van der Waals surface area contributed by atoms with Crippen molar-refractivity contribution in [1.29, 1.82) is 0 Å². The van der Waals surface area contributed by atoms with Gasteiger partial charge in [0.2, 0.25) is 0 Å². The number of amides is 1. The van der Waals surface area contributed by atoms with Crippen LogP contribution in [-0.4, -0.2) is 18.6 Å². The third-order valence-electron chi connectivity index (χ3n) is 3.01. The Hall–Kier alpha value is -1.78. The molecule has 0 aliphatic rings. The lowest BCUT2D eigenvalue weighted by atomic mass is 10.1. The Morgan fingerprint density at radius 1 is 1.40 bits per heavy atom. The number of carbonyl (C=O) groups is 1. The van der Waals surface area contributed by atoms with Crippen LogP contribution in [0.25, 0.3) is 0 Å². The third kappa shape index (κ3) is 4.72. The van der Waals surface area contributed by atoms with Gasteiger partial charge < -0.3 is 15.8 Å². The van der Waals surface area contributed by atoms with Gasteiger partial charge in [0.15, 0.2) is 17.7 Å². The number of halogens is 1. The summed E-state index contributed by atoms with van der Waals surface area (Å²) < 4.78 is 19.0. The molecule has 1 atom stereocenters. The van der Waals surface area contributed by atoms with Gasteiger partial charge in [-0.2, -0.15) is 0 Å². The summed E-state index contributed by atoms with van der Waals surface area (Å²) in [6, 6.07) is 2.70. The summed E-state index contributed by atoms with van der Waals surface area (Å²) in [4.78, 5) is 11.8. The zero-order valence-corrected chi connectivity index (χ0v) is 12.5. The Balaban J connectivity index is 2.59. The van der Waals surface area contributed by atoms with Crippen molar-refractivity contribution in [3.05, 3.63) is 23.5 Å². The summed E-state index contributed by atoms with van der Waals surface area (Å²) in [5, 5.41) is 2.77. The molecule has 0 radical (unpaired) electrons. The molecule has 1 aromatic rings. The molecular formula is C15H23FN2O2. The molecule has 1 unspecified atom stereocenters. The summed E-state index contributed by atoms with van der Waals surface area (Å²) in [7, 11) is 0. The Labute approximate surface area is 119 Å². The van der Waals surface area contributed by atoms with Gasteiger partial charge in [0, 0.05) is 18.3 Å². The van der Waals surface area contributed by atoms with Crippen molar-refractivity contribution >= 4 is 11.6 Å². The van der Waals surface area contributed by atoms with Crippen LogP contribution in [0.15, 0.2) is 12.1 Å². The Kier molecular flexibility index (Phi) is 5.80. The largest absolute Gasteiger partial charge is 0.478 e. The van der Waals surface area contributed by atoms with Gasteiger partial charge in [-0.05, 0) is 37.8 Å². The molecule has 0 saturated heterocycles. The average Bonchev–Trinajstić information content (AvgIpc) is 2.35. The number of benzene rings is 1. The summed E-state index contributed by atoms with van der Waals surface area (Å²) >= 11 is 0. The van der Waals surface area contributed by atoms with E-state index in [1.165, 1.54) is 12.1 Å². The maximum absolute atomic E-state index is 13.7. The molecule has 1 rings (SSSR count). The van der Waals surface area contributed by atoms with E-state index in [1.807, 2.05) is 0 Å². The highest BCUT2D eigenvalue weighted by molar-refractivity contribution is 5.80. The maximum Gasteiger partial charge on any atom is 0.260 e. The molecule has 0 aliphatic carbocycles. The first-order chi connectivity index (χ1) is 9.31. The lowest BCUT2D eigenvalue weighted by molar-refractivity contribution is -0.127. The van der Waals surface area contributed by atoms with E-state index in [4.69, 9.17) is 10.5 Å². The number of nitrogens with two attached hydrogens (primary N) is 1. The Morgan fingerprint density at radius 2 is 2.05 bits per heavy atom. The van der Waals surface area contributed by atoms with Gasteiger partial charge in [0.05, 0.1) is 0 Å². The van der Waals surface area contributed by atoms with Gasteiger partial charge >= 0.3 is 0 Å². The molecule has 0 bridgehead atoms. The normalized spacial score (nSPS) is 12.3. The van der Waals surface area contributed by atoms with E-state index < -0.39 is 11.9 Å². The number of nitrogen functional groups attached to an aromatic ring is 1. The Morgan fingerprint density at radius 3 is 2.65 bits per heavy atom. The highest BCUT2D eigenvalue weighted by Crippen LogP contribution is 2.24. The molecular weight excluding hydrogens is 259 g/mol. The molecule has 0 spiro atoms. The van der Waals surface area contributed by atoms with Crippen molar-refractivity contribution < 1.29 is 13.9 Å². The molecule has 0 aliphatic heterocycles. The molecule has 0 saturated carbocycles. The number of anilines is 1. The monoisotopic (exact) mass is 282 g/mol. The van der Waals surface area contributed by atoms with E-state index in [0.29, 0.717) is 23.7 Å². The van der Waals surface area contributed by atoms with Gasteiger partial charge in [-0.25, -0.2) is 4.39 Å². The van der Waals surface area contributed by atoms with E-state index in [-0.39, 0.29) is 11.7 Å². The number of rotatable bonds is 6. The third-order valence-corrected chi connectivity index (χ3v) is 3.01. The lowest BCUT2D eigenvalue weighted by Gasteiger charge is -2.16. The predicted molar refractivity (Wildman–Crippen MR) is 78.1 cm³/mol. The Bertz CT molecular complexity index is 475. The highest BCUT2D eigenvalue weighted by Gasteiger charge is 2.17. The lowest BCUT2D eigenvalue weighted by Crippen LogP contribution is -2.37. The van der Waals surface area contributed by atoms with Crippen LogP contribution in [0, 0.1) is 18.7 Å². The minimum atomic E-state index is -0.750. The summed E-state index contributed by atoms with van der Waals surface area (Å²) in [6.07, 6.45) is 0.146. The van der Waals surface area contributed by atoms with Crippen molar-refractivity contribution in [3.8, 4) is 5.75 Å². The molecule has 4 nitrogen and oxygen atoms in total. The van der Waals surface area contributed by atoms with Crippen molar-refractivity contribution in [2.45, 2.75) is 40.2 Å². The van der Waals surface area contributed by atoms with Crippen LogP contribution in [0.1, 0.15) is 32.8 Å². The molecule has 1 amide bonds. The number of carbonyl (C=O) groups excluding carboxylic acids is 1. The molecule has 20 heavy (non-hydrogen) atoms. The second kappa shape index (κ2) is 7.12. The molecule has 5 heteroatoms.